The number of rotatable bonds is 4. The van der Waals surface area contributed by atoms with Crippen LogP contribution in [0.3, 0.4) is 0 Å². The zero-order valence-electron chi connectivity index (χ0n) is 14.2. The molecule has 0 unspecified atom stereocenters. The van der Waals surface area contributed by atoms with Crippen molar-refractivity contribution in [1.82, 2.24) is 0 Å². The summed E-state index contributed by atoms with van der Waals surface area (Å²) in [5.41, 5.74) is 3.27. The highest BCUT2D eigenvalue weighted by molar-refractivity contribution is 6.04. The lowest BCUT2D eigenvalue weighted by Gasteiger charge is -2.10. The predicted molar refractivity (Wildman–Crippen MR) is 101 cm³/mol. The Morgan fingerprint density at radius 3 is 2.48 bits per heavy atom. The molecule has 4 rings (SSSR count). The summed E-state index contributed by atoms with van der Waals surface area (Å²) in [6.07, 6.45) is 0. The van der Waals surface area contributed by atoms with E-state index in [1.54, 1.807) is 36.4 Å². The molecule has 0 bridgehead atoms. The number of hydrogen-bond acceptors (Lipinski definition) is 5. The standard InChI is InChI=1S/C21H15N3O3/c22-12-15-3-1-2-4-18(15)23-16-6-8-17(9-7-16)24-21(25)14-5-10-19-20(11-14)27-13-26-19/h1-11,23H,13H2,(H,24,25). The van der Waals surface area contributed by atoms with Crippen molar-refractivity contribution >= 4 is 23.0 Å². The number of benzene rings is 3. The van der Waals surface area contributed by atoms with Crippen molar-refractivity contribution in [3.05, 3.63) is 77.9 Å². The van der Waals surface area contributed by atoms with Crippen LogP contribution in [0.15, 0.2) is 66.7 Å². The minimum atomic E-state index is -0.233. The summed E-state index contributed by atoms with van der Waals surface area (Å²) in [6.45, 7) is 0.170. The molecule has 27 heavy (non-hydrogen) atoms. The Labute approximate surface area is 156 Å². The van der Waals surface area contributed by atoms with Crippen LogP contribution in [-0.2, 0) is 0 Å². The van der Waals surface area contributed by atoms with Crippen LogP contribution in [0.5, 0.6) is 11.5 Å². The third kappa shape index (κ3) is 3.53. The van der Waals surface area contributed by atoms with Gasteiger partial charge in [0.25, 0.3) is 5.91 Å². The van der Waals surface area contributed by atoms with Crippen molar-refractivity contribution in [2.75, 3.05) is 17.4 Å². The maximum Gasteiger partial charge on any atom is 0.255 e. The van der Waals surface area contributed by atoms with Gasteiger partial charge in [-0.15, -0.1) is 0 Å². The van der Waals surface area contributed by atoms with Crippen LogP contribution >= 0.6 is 0 Å². The van der Waals surface area contributed by atoms with Gasteiger partial charge in [0, 0.05) is 16.9 Å². The summed E-state index contributed by atoms with van der Waals surface area (Å²) >= 11 is 0. The van der Waals surface area contributed by atoms with Crippen molar-refractivity contribution in [2.24, 2.45) is 0 Å². The Balaban J connectivity index is 1.45. The minimum Gasteiger partial charge on any atom is -0.454 e. The summed E-state index contributed by atoms with van der Waals surface area (Å²) in [7, 11) is 0. The fourth-order valence-electron chi connectivity index (χ4n) is 2.72. The van der Waals surface area contributed by atoms with Gasteiger partial charge in [-0.2, -0.15) is 5.26 Å². The molecule has 1 aliphatic heterocycles. The number of nitrogens with zero attached hydrogens (tertiary/aromatic N) is 1. The maximum atomic E-state index is 12.4. The maximum absolute atomic E-state index is 12.4. The summed E-state index contributed by atoms with van der Waals surface area (Å²) in [6, 6.07) is 21.8. The van der Waals surface area contributed by atoms with Gasteiger partial charge in [0.15, 0.2) is 11.5 Å². The van der Waals surface area contributed by atoms with Crippen LogP contribution in [0, 0.1) is 11.3 Å². The van der Waals surface area contributed by atoms with Crippen LogP contribution in [0.25, 0.3) is 0 Å². The van der Waals surface area contributed by atoms with Crippen LogP contribution in [0.4, 0.5) is 17.1 Å². The first-order valence-electron chi connectivity index (χ1n) is 8.30. The molecule has 0 spiro atoms. The summed E-state index contributed by atoms with van der Waals surface area (Å²) in [5, 5.41) is 15.2. The van der Waals surface area contributed by atoms with Gasteiger partial charge in [0.2, 0.25) is 6.79 Å². The molecule has 0 atom stereocenters. The van der Waals surface area contributed by atoms with E-state index >= 15 is 0 Å². The highest BCUT2D eigenvalue weighted by atomic mass is 16.7. The summed E-state index contributed by atoms with van der Waals surface area (Å²) in [4.78, 5) is 12.4. The lowest BCUT2D eigenvalue weighted by atomic mass is 10.1. The molecule has 6 nitrogen and oxygen atoms in total. The molecule has 132 valence electrons. The topological polar surface area (TPSA) is 83.4 Å². The van der Waals surface area contributed by atoms with E-state index in [9.17, 15) is 4.79 Å². The van der Waals surface area contributed by atoms with Gasteiger partial charge in [0.05, 0.1) is 11.3 Å². The molecule has 3 aromatic rings. The lowest BCUT2D eigenvalue weighted by Crippen LogP contribution is -2.11. The number of amides is 1. The van der Waals surface area contributed by atoms with Crippen molar-refractivity contribution < 1.29 is 14.3 Å². The second kappa shape index (κ2) is 7.10. The van der Waals surface area contributed by atoms with Crippen LogP contribution < -0.4 is 20.1 Å². The molecule has 0 saturated heterocycles. The molecule has 1 amide bonds. The van der Waals surface area contributed by atoms with E-state index in [0.29, 0.717) is 28.3 Å². The predicted octanol–water partition coefficient (Wildman–Crippen LogP) is 4.28. The van der Waals surface area contributed by atoms with Crippen molar-refractivity contribution in [1.29, 1.82) is 5.26 Å². The van der Waals surface area contributed by atoms with Crippen LogP contribution in [-0.4, -0.2) is 12.7 Å². The van der Waals surface area contributed by atoms with E-state index in [1.165, 1.54) is 0 Å². The number of nitrogens with one attached hydrogen (secondary N) is 2. The van der Waals surface area contributed by atoms with E-state index in [2.05, 4.69) is 16.7 Å². The van der Waals surface area contributed by atoms with Crippen molar-refractivity contribution in [3.63, 3.8) is 0 Å². The van der Waals surface area contributed by atoms with Gasteiger partial charge < -0.3 is 20.1 Å². The number of ether oxygens (including phenoxy) is 2. The largest absolute Gasteiger partial charge is 0.454 e. The molecule has 0 radical (unpaired) electrons. The molecule has 0 fully saturated rings. The number of hydrogen-bond donors (Lipinski definition) is 2. The molecule has 0 aliphatic carbocycles. The molecule has 0 aromatic heterocycles. The highest BCUT2D eigenvalue weighted by Gasteiger charge is 2.16. The fraction of sp³-hybridized carbons (Fsp3) is 0.0476. The van der Waals surface area contributed by atoms with Gasteiger partial charge in [-0.05, 0) is 54.6 Å². The van der Waals surface area contributed by atoms with Gasteiger partial charge >= 0.3 is 0 Å². The lowest BCUT2D eigenvalue weighted by molar-refractivity contribution is 0.102. The Hall–Kier alpha value is -3.98. The molecule has 0 saturated carbocycles. The van der Waals surface area contributed by atoms with E-state index in [1.807, 2.05) is 30.3 Å². The first kappa shape index (κ1) is 16.5. The Morgan fingerprint density at radius 2 is 1.67 bits per heavy atom. The third-order valence-corrected chi connectivity index (χ3v) is 4.10. The second-order valence-electron chi connectivity index (χ2n) is 5.88. The van der Waals surface area contributed by atoms with Gasteiger partial charge in [-0.25, -0.2) is 0 Å². The molecule has 3 aromatic carbocycles. The number of nitriles is 1. The zero-order valence-corrected chi connectivity index (χ0v) is 14.2. The first-order valence-corrected chi connectivity index (χ1v) is 8.30. The smallest absolute Gasteiger partial charge is 0.255 e. The molecule has 2 N–H and O–H groups in total. The molecule has 6 heteroatoms. The van der Waals surface area contributed by atoms with E-state index in [0.717, 1.165) is 11.4 Å². The Kier molecular flexibility index (Phi) is 4.33. The quantitative estimate of drug-likeness (QED) is 0.728. The highest BCUT2D eigenvalue weighted by Crippen LogP contribution is 2.32. The first-order chi connectivity index (χ1) is 13.2. The van der Waals surface area contributed by atoms with Gasteiger partial charge in [-0.1, -0.05) is 12.1 Å². The molecular weight excluding hydrogens is 342 g/mol. The van der Waals surface area contributed by atoms with Crippen molar-refractivity contribution in [3.8, 4) is 17.6 Å². The third-order valence-electron chi connectivity index (χ3n) is 4.10. The van der Waals surface area contributed by atoms with E-state index in [-0.39, 0.29) is 12.7 Å². The number of fused-ring (bicyclic) bond motifs is 1. The van der Waals surface area contributed by atoms with Crippen LogP contribution in [0.1, 0.15) is 15.9 Å². The number of para-hydroxylation sites is 1. The Morgan fingerprint density at radius 1 is 0.926 bits per heavy atom. The number of carbonyl (C=O) groups excluding carboxylic acids is 1. The summed E-state index contributed by atoms with van der Waals surface area (Å²) in [5.74, 6) is 0.974. The fourth-order valence-corrected chi connectivity index (χ4v) is 2.72. The van der Waals surface area contributed by atoms with Crippen molar-refractivity contribution in [2.45, 2.75) is 0 Å². The van der Waals surface area contributed by atoms with Crippen LogP contribution in [0.2, 0.25) is 0 Å². The second-order valence-corrected chi connectivity index (χ2v) is 5.88. The number of anilines is 3. The average Bonchev–Trinajstić information content (AvgIpc) is 3.17. The minimum absolute atomic E-state index is 0.170. The monoisotopic (exact) mass is 357 g/mol. The number of carbonyl (C=O) groups is 1. The molecule has 1 aliphatic rings. The Bertz CT molecular complexity index is 1040. The molecular formula is C21H15N3O3. The SMILES string of the molecule is N#Cc1ccccc1Nc1ccc(NC(=O)c2ccc3c(c2)OCO3)cc1. The van der Waals surface area contributed by atoms with E-state index in [4.69, 9.17) is 14.7 Å². The van der Waals surface area contributed by atoms with Gasteiger partial charge in [-0.3, -0.25) is 4.79 Å². The normalized spacial score (nSPS) is 11.5. The molecule has 1 heterocycles. The zero-order chi connectivity index (χ0) is 18.6. The average molecular weight is 357 g/mol. The van der Waals surface area contributed by atoms with Gasteiger partial charge in [0.1, 0.15) is 6.07 Å². The van der Waals surface area contributed by atoms with E-state index < -0.39 is 0 Å². The summed E-state index contributed by atoms with van der Waals surface area (Å²) < 4.78 is 10.5.